The van der Waals surface area contributed by atoms with E-state index in [1.807, 2.05) is 32.0 Å². The number of benzene rings is 2. The zero-order valence-electron chi connectivity index (χ0n) is 32.5. The number of fused-ring (bicyclic) bond motifs is 3. The van der Waals surface area contributed by atoms with Crippen LogP contribution in [0.3, 0.4) is 0 Å². The summed E-state index contributed by atoms with van der Waals surface area (Å²) in [5, 5.41) is 4.50. The predicted molar refractivity (Wildman–Crippen MR) is 208 cm³/mol. The summed E-state index contributed by atoms with van der Waals surface area (Å²) in [5.74, 6) is 3.88. The lowest BCUT2D eigenvalue weighted by Gasteiger charge is -2.42. The molecule has 1 saturated heterocycles. The molecule has 4 heterocycles. The van der Waals surface area contributed by atoms with Crippen molar-refractivity contribution in [2.45, 2.75) is 109 Å². The first-order valence-corrected chi connectivity index (χ1v) is 19.2. The smallest absolute Gasteiger partial charge is 0.163 e. The molecule has 0 bridgehead atoms. The molecule has 53 heavy (non-hydrogen) atoms. The minimum absolute atomic E-state index is 0.0274. The van der Waals surface area contributed by atoms with Crippen LogP contribution < -0.4 is 14.8 Å². The largest absolute Gasteiger partial charge is 0.497 e. The van der Waals surface area contributed by atoms with Gasteiger partial charge in [0, 0.05) is 49.3 Å². The molecular weight excluding hydrogens is 667 g/mol. The molecule has 282 valence electrons. The fourth-order valence-corrected chi connectivity index (χ4v) is 8.87. The van der Waals surface area contributed by atoms with Crippen LogP contribution in [-0.4, -0.2) is 81.3 Å². The van der Waals surface area contributed by atoms with Crippen LogP contribution in [0.15, 0.2) is 55.0 Å². The molecule has 3 fully saturated rings. The number of aromatic nitrogens is 5. The summed E-state index contributed by atoms with van der Waals surface area (Å²) in [7, 11) is 5.63. The number of hydrogen-bond acceptors (Lipinski definition) is 9. The molecule has 2 N–H and O–H groups in total. The van der Waals surface area contributed by atoms with Crippen LogP contribution in [0, 0.1) is 11.8 Å². The van der Waals surface area contributed by atoms with Gasteiger partial charge in [0.25, 0.3) is 0 Å². The molecule has 3 aliphatic rings. The lowest BCUT2D eigenvalue weighted by atomic mass is 9.76. The summed E-state index contributed by atoms with van der Waals surface area (Å²) in [5.41, 5.74) is 5.60. The maximum atomic E-state index is 6.63. The number of ether oxygens (including phenoxy) is 4. The van der Waals surface area contributed by atoms with Crippen molar-refractivity contribution in [2.24, 2.45) is 11.8 Å². The van der Waals surface area contributed by atoms with E-state index in [4.69, 9.17) is 28.9 Å². The van der Waals surface area contributed by atoms with Gasteiger partial charge in [-0.25, -0.2) is 15.0 Å². The number of methoxy groups -OCH3 is 2. The minimum Gasteiger partial charge on any atom is -0.497 e. The lowest BCUT2D eigenvalue weighted by Crippen LogP contribution is -2.46. The van der Waals surface area contributed by atoms with Gasteiger partial charge in [0.15, 0.2) is 5.79 Å². The normalized spacial score (nSPS) is 25.2. The molecule has 4 unspecified atom stereocenters. The van der Waals surface area contributed by atoms with Crippen LogP contribution >= 0.6 is 0 Å². The average Bonchev–Trinajstić information content (AvgIpc) is 3.87. The van der Waals surface area contributed by atoms with E-state index >= 15 is 0 Å². The van der Waals surface area contributed by atoms with E-state index in [0.29, 0.717) is 18.5 Å². The zero-order chi connectivity index (χ0) is 37.1. The highest BCUT2D eigenvalue weighted by Crippen LogP contribution is 2.49. The third-order valence-corrected chi connectivity index (χ3v) is 11.9. The molecule has 0 amide bonds. The Kier molecular flexibility index (Phi) is 9.40. The first-order chi connectivity index (χ1) is 25.4. The van der Waals surface area contributed by atoms with Crippen LogP contribution in [0.4, 0.5) is 5.82 Å². The molecule has 1 aliphatic heterocycles. The van der Waals surface area contributed by atoms with E-state index in [1.54, 1.807) is 20.5 Å². The van der Waals surface area contributed by atoms with Crippen molar-refractivity contribution in [2.75, 3.05) is 33.1 Å². The quantitative estimate of drug-likeness (QED) is 0.134. The standard InChI is InChI=1S/C42H55N7O4/c1-41(2,3)28-11-13-32-33(20-28)47-36(46-32)14-9-25-17-29(18-25)48(6)23-27-19-34(38-37(27)52-42(4,5)53-38)49-16-15-31-39(44-24-45-40(31)49)43-22-26-10-12-30(50-7)21-35(26)51-8/h10-13,15-16,20-21,24-25,27,29,34,37-38H,9,14,17-19,22-23H2,1-8H3,(H,46,47)(H,43,44,45). The van der Waals surface area contributed by atoms with Gasteiger partial charge in [0.05, 0.1) is 42.8 Å². The number of nitrogens with one attached hydrogen (secondary N) is 2. The molecule has 8 rings (SSSR count). The molecule has 2 aromatic carbocycles. The van der Waals surface area contributed by atoms with Crippen molar-refractivity contribution in [1.82, 2.24) is 29.4 Å². The van der Waals surface area contributed by atoms with Crippen LogP contribution in [0.2, 0.25) is 0 Å². The Morgan fingerprint density at radius 1 is 1.00 bits per heavy atom. The predicted octanol–water partition coefficient (Wildman–Crippen LogP) is 7.66. The van der Waals surface area contributed by atoms with Crippen LogP contribution in [0.1, 0.15) is 83.3 Å². The number of anilines is 1. The zero-order valence-corrected chi connectivity index (χ0v) is 32.5. The Morgan fingerprint density at radius 3 is 2.58 bits per heavy atom. The molecular formula is C42H55N7O4. The van der Waals surface area contributed by atoms with Gasteiger partial charge >= 0.3 is 0 Å². The molecule has 2 saturated carbocycles. The second kappa shape index (κ2) is 13.9. The molecule has 5 aromatic rings. The number of rotatable bonds is 12. The Bertz CT molecular complexity index is 2080. The van der Waals surface area contributed by atoms with E-state index in [9.17, 15) is 0 Å². The first kappa shape index (κ1) is 35.8. The van der Waals surface area contributed by atoms with E-state index in [2.05, 4.69) is 83.0 Å². The molecule has 3 aromatic heterocycles. The summed E-state index contributed by atoms with van der Waals surface area (Å²) in [6.07, 6.45) is 9.36. The minimum atomic E-state index is -0.626. The molecule has 2 aliphatic carbocycles. The molecule has 11 nitrogen and oxygen atoms in total. The molecule has 11 heteroatoms. The number of nitrogens with zero attached hydrogens (tertiary/aromatic N) is 5. The number of aryl methyl sites for hydroxylation is 1. The average molecular weight is 722 g/mol. The van der Waals surface area contributed by atoms with Gasteiger partial charge in [-0.2, -0.15) is 0 Å². The molecule has 4 atom stereocenters. The van der Waals surface area contributed by atoms with Crippen molar-refractivity contribution in [3.63, 3.8) is 0 Å². The SMILES string of the molecule is COc1ccc(CNc2ncnc3c2ccn3C2CC(CN(C)C3CC(CCc4nc5ccc(C(C)(C)C)cc5[nH]4)C3)C3OC(C)(C)OC32)c(OC)c1. The number of hydrogen-bond donors (Lipinski definition) is 2. The number of imidazole rings is 1. The Hall–Kier alpha value is -4.19. The van der Waals surface area contributed by atoms with E-state index in [0.717, 1.165) is 76.1 Å². The number of aromatic amines is 1. The second-order valence-electron chi connectivity index (χ2n) is 17.0. The summed E-state index contributed by atoms with van der Waals surface area (Å²) >= 11 is 0. The van der Waals surface area contributed by atoms with E-state index < -0.39 is 5.79 Å². The Balaban J connectivity index is 0.902. The Labute approximate surface area is 312 Å². The Morgan fingerprint density at radius 2 is 1.81 bits per heavy atom. The maximum Gasteiger partial charge on any atom is 0.163 e. The van der Waals surface area contributed by atoms with Crippen molar-refractivity contribution in [3.05, 3.63) is 71.9 Å². The third-order valence-electron chi connectivity index (χ3n) is 11.9. The molecule has 0 radical (unpaired) electrons. The van der Waals surface area contributed by atoms with Crippen LogP contribution in [0.25, 0.3) is 22.1 Å². The van der Waals surface area contributed by atoms with Crippen molar-refractivity contribution >= 4 is 27.9 Å². The van der Waals surface area contributed by atoms with E-state index in [1.165, 1.54) is 24.8 Å². The topological polar surface area (TPSA) is 112 Å². The second-order valence-corrected chi connectivity index (χ2v) is 17.0. The third kappa shape index (κ3) is 7.11. The first-order valence-electron chi connectivity index (χ1n) is 19.2. The highest BCUT2D eigenvalue weighted by molar-refractivity contribution is 5.87. The van der Waals surface area contributed by atoms with E-state index in [-0.39, 0.29) is 23.7 Å². The highest BCUT2D eigenvalue weighted by atomic mass is 16.8. The van der Waals surface area contributed by atoms with Gasteiger partial charge in [-0.3, -0.25) is 0 Å². The van der Waals surface area contributed by atoms with Gasteiger partial charge < -0.3 is 38.7 Å². The summed E-state index contributed by atoms with van der Waals surface area (Å²) in [6.45, 7) is 12.4. The van der Waals surface area contributed by atoms with Crippen LogP contribution in [-0.2, 0) is 27.9 Å². The summed E-state index contributed by atoms with van der Waals surface area (Å²) in [4.78, 5) is 20.5. The van der Waals surface area contributed by atoms with Crippen molar-refractivity contribution in [1.29, 1.82) is 0 Å². The lowest BCUT2D eigenvalue weighted by molar-refractivity contribution is -0.161. The van der Waals surface area contributed by atoms with Gasteiger partial charge in [-0.1, -0.05) is 26.8 Å². The highest BCUT2D eigenvalue weighted by Gasteiger charge is 2.55. The van der Waals surface area contributed by atoms with Crippen LogP contribution in [0.5, 0.6) is 11.5 Å². The van der Waals surface area contributed by atoms with Gasteiger partial charge in [0.1, 0.15) is 41.2 Å². The van der Waals surface area contributed by atoms with Gasteiger partial charge in [0.2, 0.25) is 0 Å². The van der Waals surface area contributed by atoms with Gasteiger partial charge in [-0.15, -0.1) is 0 Å². The summed E-state index contributed by atoms with van der Waals surface area (Å²) < 4.78 is 26.5. The summed E-state index contributed by atoms with van der Waals surface area (Å²) in [6, 6.07) is 15.3. The van der Waals surface area contributed by atoms with Gasteiger partial charge in [-0.05, 0) is 93.8 Å². The fraction of sp³-hybridized carbons (Fsp3) is 0.548. The monoisotopic (exact) mass is 721 g/mol. The number of H-pyrrole nitrogens is 1. The van der Waals surface area contributed by atoms with Crippen molar-refractivity contribution in [3.8, 4) is 11.5 Å². The van der Waals surface area contributed by atoms with Crippen molar-refractivity contribution < 1.29 is 18.9 Å². The fourth-order valence-electron chi connectivity index (χ4n) is 8.87. The maximum absolute atomic E-state index is 6.63. The molecule has 0 spiro atoms.